The summed E-state index contributed by atoms with van der Waals surface area (Å²) in [4.78, 5) is 25.5. The molecule has 1 aromatic heterocycles. The van der Waals surface area contributed by atoms with Crippen molar-refractivity contribution in [3.63, 3.8) is 0 Å². The van der Waals surface area contributed by atoms with Crippen LogP contribution >= 0.6 is 0 Å². The third-order valence-corrected chi connectivity index (χ3v) is 3.90. The van der Waals surface area contributed by atoms with Gasteiger partial charge in [-0.3, -0.25) is 4.79 Å². The Bertz CT molecular complexity index is 778. The molecule has 0 saturated heterocycles. The number of carboxylic acid groups (broad SMARTS) is 1. The van der Waals surface area contributed by atoms with E-state index < -0.39 is 5.97 Å². The summed E-state index contributed by atoms with van der Waals surface area (Å²) in [6.45, 7) is 7.31. The Morgan fingerprint density at radius 3 is 2.41 bits per heavy atom. The summed E-state index contributed by atoms with van der Waals surface area (Å²) in [5.41, 5.74) is 0.865. The molecule has 0 fully saturated rings. The Balaban J connectivity index is 2.04. The summed E-state index contributed by atoms with van der Waals surface area (Å²) < 4.78 is 6.42. The minimum atomic E-state index is -1.17. The first-order valence-corrected chi connectivity index (χ1v) is 8.72. The molecule has 1 heterocycles. The fraction of sp³-hybridized carbons (Fsp3) is 0.474. The number of amides is 1. The van der Waals surface area contributed by atoms with Gasteiger partial charge in [0.05, 0.1) is 13.3 Å². The van der Waals surface area contributed by atoms with Gasteiger partial charge >= 0.3 is 5.97 Å². The minimum absolute atomic E-state index is 0.0427. The second-order valence-electron chi connectivity index (χ2n) is 7.58. The predicted octanol–water partition coefficient (Wildman–Crippen LogP) is 2.10. The van der Waals surface area contributed by atoms with Gasteiger partial charge in [0.2, 0.25) is 5.91 Å². The number of nitrogens with zero attached hydrogens (tertiary/aromatic N) is 4. The van der Waals surface area contributed by atoms with E-state index in [2.05, 4.69) is 31.1 Å². The van der Waals surface area contributed by atoms with Crippen LogP contribution in [0.25, 0.3) is 0 Å². The van der Waals surface area contributed by atoms with Gasteiger partial charge in [0.25, 0.3) is 0 Å². The van der Waals surface area contributed by atoms with Crippen LogP contribution in [0.2, 0.25) is 0 Å². The molecule has 27 heavy (non-hydrogen) atoms. The van der Waals surface area contributed by atoms with Crippen molar-refractivity contribution >= 4 is 11.9 Å². The number of carboxylic acids is 1. The Morgan fingerprint density at radius 1 is 1.22 bits per heavy atom. The number of carbonyl (C=O) groups is 2. The number of ether oxygens (including phenoxy) is 1. The fourth-order valence-corrected chi connectivity index (χ4v) is 2.63. The summed E-state index contributed by atoms with van der Waals surface area (Å²) in [6.07, 6.45) is 1.97. The van der Waals surface area contributed by atoms with Gasteiger partial charge < -0.3 is 14.7 Å². The van der Waals surface area contributed by atoms with Crippen LogP contribution in [-0.2, 0) is 17.8 Å². The molecule has 0 spiro atoms. The number of carbonyl (C=O) groups excluding carboxylic acids is 1. The lowest BCUT2D eigenvalue weighted by Gasteiger charge is -2.30. The number of aromatic carboxylic acids is 1. The molecule has 0 atom stereocenters. The van der Waals surface area contributed by atoms with Crippen LogP contribution in [0.15, 0.2) is 30.5 Å². The molecule has 1 amide bonds. The Morgan fingerprint density at radius 2 is 1.89 bits per heavy atom. The van der Waals surface area contributed by atoms with E-state index in [-0.39, 0.29) is 23.6 Å². The maximum Gasteiger partial charge on any atom is 0.358 e. The third kappa shape index (κ3) is 6.40. The quantitative estimate of drug-likeness (QED) is 0.760. The van der Waals surface area contributed by atoms with Crippen molar-refractivity contribution in [3.05, 3.63) is 41.7 Å². The number of methoxy groups -OCH3 is 1. The highest BCUT2D eigenvalue weighted by atomic mass is 16.5. The Labute approximate surface area is 158 Å². The molecule has 146 valence electrons. The van der Waals surface area contributed by atoms with E-state index >= 15 is 0 Å². The largest absolute Gasteiger partial charge is 0.497 e. The van der Waals surface area contributed by atoms with Gasteiger partial charge in [-0.2, -0.15) is 0 Å². The zero-order valence-electron chi connectivity index (χ0n) is 16.2. The van der Waals surface area contributed by atoms with Gasteiger partial charge in [-0.25, -0.2) is 9.48 Å². The van der Waals surface area contributed by atoms with Gasteiger partial charge in [-0.1, -0.05) is 38.1 Å². The lowest BCUT2D eigenvalue weighted by atomic mass is 9.95. The number of hydrogen-bond donors (Lipinski definition) is 1. The van der Waals surface area contributed by atoms with Gasteiger partial charge in [0.1, 0.15) is 12.3 Å². The Kier molecular flexibility index (Phi) is 6.55. The van der Waals surface area contributed by atoms with Gasteiger partial charge in [0.15, 0.2) is 5.69 Å². The van der Waals surface area contributed by atoms with Crippen molar-refractivity contribution in [2.45, 2.75) is 33.7 Å². The normalized spacial score (nSPS) is 11.3. The first kappa shape index (κ1) is 20.4. The van der Waals surface area contributed by atoms with E-state index in [1.165, 1.54) is 10.9 Å². The SMILES string of the molecule is COc1ccc(CCN(CC(C)(C)C)C(=O)Cn2cc(C(=O)O)nn2)cc1. The molecular formula is C19H26N4O4. The van der Waals surface area contributed by atoms with E-state index in [1.54, 1.807) is 12.0 Å². The standard InChI is InChI=1S/C19H26N4O4/c1-19(2,3)13-22(10-9-14-5-7-15(27-4)8-6-14)17(24)12-23-11-16(18(25)26)20-21-23/h5-8,11H,9-10,12-13H2,1-4H3,(H,25,26). The first-order valence-electron chi connectivity index (χ1n) is 8.72. The van der Waals surface area contributed by atoms with Crippen molar-refractivity contribution in [2.24, 2.45) is 5.41 Å². The molecular weight excluding hydrogens is 348 g/mol. The van der Waals surface area contributed by atoms with E-state index in [9.17, 15) is 9.59 Å². The van der Waals surface area contributed by atoms with Crippen LogP contribution in [0, 0.1) is 5.41 Å². The van der Waals surface area contributed by atoms with Crippen LogP contribution in [-0.4, -0.2) is 57.1 Å². The molecule has 0 radical (unpaired) electrons. The summed E-state index contributed by atoms with van der Waals surface area (Å²) in [6, 6.07) is 7.76. The molecule has 8 heteroatoms. The maximum atomic E-state index is 12.8. The number of rotatable bonds is 8. The second kappa shape index (κ2) is 8.66. The number of hydrogen-bond acceptors (Lipinski definition) is 5. The monoisotopic (exact) mass is 374 g/mol. The van der Waals surface area contributed by atoms with Crippen LogP contribution < -0.4 is 4.74 Å². The average molecular weight is 374 g/mol. The molecule has 2 rings (SSSR count). The topological polar surface area (TPSA) is 97.5 Å². The molecule has 0 bridgehead atoms. The molecule has 8 nitrogen and oxygen atoms in total. The number of benzene rings is 1. The van der Waals surface area contributed by atoms with Crippen LogP contribution in [0.5, 0.6) is 5.75 Å². The zero-order chi connectivity index (χ0) is 20.0. The van der Waals surface area contributed by atoms with Crippen molar-refractivity contribution in [1.82, 2.24) is 19.9 Å². The predicted molar refractivity (Wildman–Crippen MR) is 99.7 cm³/mol. The van der Waals surface area contributed by atoms with E-state index in [4.69, 9.17) is 9.84 Å². The molecule has 1 N–H and O–H groups in total. The summed E-state index contributed by atoms with van der Waals surface area (Å²) in [5.74, 6) is -0.498. The summed E-state index contributed by atoms with van der Waals surface area (Å²) in [5, 5.41) is 16.2. The van der Waals surface area contributed by atoms with Crippen molar-refractivity contribution in [3.8, 4) is 5.75 Å². The van der Waals surface area contributed by atoms with E-state index in [1.807, 2.05) is 24.3 Å². The van der Waals surface area contributed by atoms with Gasteiger partial charge in [0, 0.05) is 13.1 Å². The van der Waals surface area contributed by atoms with E-state index in [0.717, 1.165) is 11.3 Å². The van der Waals surface area contributed by atoms with Crippen LogP contribution in [0.4, 0.5) is 0 Å². The highest BCUT2D eigenvalue weighted by Gasteiger charge is 2.22. The van der Waals surface area contributed by atoms with Crippen molar-refractivity contribution < 1.29 is 19.4 Å². The minimum Gasteiger partial charge on any atom is -0.497 e. The first-order chi connectivity index (χ1) is 12.7. The average Bonchev–Trinajstić information content (AvgIpc) is 3.07. The molecule has 0 aliphatic rings. The summed E-state index contributed by atoms with van der Waals surface area (Å²) >= 11 is 0. The Hall–Kier alpha value is -2.90. The van der Waals surface area contributed by atoms with E-state index in [0.29, 0.717) is 19.5 Å². The zero-order valence-corrected chi connectivity index (χ0v) is 16.2. The lowest BCUT2D eigenvalue weighted by molar-refractivity contribution is -0.133. The van der Waals surface area contributed by atoms with Crippen LogP contribution in [0.3, 0.4) is 0 Å². The molecule has 0 aliphatic heterocycles. The highest BCUT2D eigenvalue weighted by molar-refractivity contribution is 5.84. The molecule has 1 aromatic carbocycles. The fourth-order valence-electron chi connectivity index (χ4n) is 2.63. The lowest BCUT2D eigenvalue weighted by Crippen LogP contribution is -2.41. The maximum absolute atomic E-state index is 12.8. The molecule has 2 aromatic rings. The van der Waals surface area contributed by atoms with Crippen molar-refractivity contribution in [2.75, 3.05) is 20.2 Å². The van der Waals surface area contributed by atoms with Crippen LogP contribution in [0.1, 0.15) is 36.8 Å². The molecule has 0 saturated carbocycles. The summed E-state index contributed by atoms with van der Waals surface area (Å²) in [7, 11) is 1.62. The highest BCUT2D eigenvalue weighted by Crippen LogP contribution is 2.17. The molecule has 0 aliphatic carbocycles. The van der Waals surface area contributed by atoms with Gasteiger partial charge in [-0.15, -0.1) is 5.10 Å². The van der Waals surface area contributed by atoms with Crippen molar-refractivity contribution in [1.29, 1.82) is 0 Å². The molecule has 0 unspecified atom stereocenters. The third-order valence-electron chi connectivity index (χ3n) is 3.90. The van der Waals surface area contributed by atoms with Gasteiger partial charge in [-0.05, 0) is 29.5 Å². The second-order valence-corrected chi connectivity index (χ2v) is 7.58. The number of aromatic nitrogens is 3. The smallest absolute Gasteiger partial charge is 0.358 e.